The topological polar surface area (TPSA) is 88.1 Å². The van der Waals surface area contributed by atoms with Gasteiger partial charge in [-0.2, -0.15) is 0 Å². The second-order valence-electron chi connectivity index (χ2n) is 4.74. The molecule has 2 aliphatic heterocycles. The molecule has 2 fully saturated rings. The zero-order chi connectivity index (χ0) is 13.3. The number of imide groups is 1. The van der Waals surface area contributed by atoms with Crippen molar-refractivity contribution in [3.63, 3.8) is 0 Å². The van der Waals surface area contributed by atoms with E-state index in [1.165, 1.54) is 12.0 Å². The number of urea groups is 1. The normalized spacial score (nSPS) is 36.9. The number of carbonyl (C=O) groups is 2. The Kier molecular flexibility index (Phi) is 3.84. The predicted molar refractivity (Wildman–Crippen MR) is 60.6 cm³/mol. The van der Waals surface area contributed by atoms with Crippen LogP contribution in [0.25, 0.3) is 0 Å². The van der Waals surface area contributed by atoms with Crippen molar-refractivity contribution in [1.29, 1.82) is 0 Å². The van der Waals surface area contributed by atoms with Gasteiger partial charge in [0.15, 0.2) is 0 Å². The van der Waals surface area contributed by atoms with Crippen LogP contribution in [0.3, 0.4) is 0 Å². The molecule has 0 aromatic rings. The fourth-order valence-electron chi connectivity index (χ4n) is 2.23. The number of methoxy groups -OCH3 is 1. The van der Waals surface area contributed by atoms with Crippen LogP contribution in [0.1, 0.15) is 13.3 Å². The highest BCUT2D eigenvalue weighted by Crippen LogP contribution is 2.25. The van der Waals surface area contributed by atoms with Gasteiger partial charge in [0.25, 0.3) is 0 Å². The summed E-state index contributed by atoms with van der Waals surface area (Å²) in [7, 11) is 1.53. The van der Waals surface area contributed by atoms with E-state index in [-0.39, 0.29) is 18.4 Å². The van der Waals surface area contributed by atoms with Crippen molar-refractivity contribution in [2.45, 2.75) is 31.8 Å². The lowest BCUT2D eigenvalue weighted by molar-refractivity contribution is -0.128. The molecule has 7 heteroatoms. The molecule has 4 atom stereocenters. The summed E-state index contributed by atoms with van der Waals surface area (Å²) in [5, 5.41) is 12.1. The number of nitrogens with one attached hydrogen (secondary N) is 1. The molecule has 2 saturated heterocycles. The molecule has 0 bridgehead atoms. The Morgan fingerprint density at radius 1 is 1.56 bits per heavy atom. The number of hydrogen-bond donors (Lipinski definition) is 2. The van der Waals surface area contributed by atoms with Gasteiger partial charge in [-0.15, -0.1) is 0 Å². The van der Waals surface area contributed by atoms with Crippen molar-refractivity contribution < 1.29 is 24.2 Å². The van der Waals surface area contributed by atoms with Crippen LogP contribution in [0.15, 0.2) is 0 Å². The number of ether oxygens (including phenoxy) is 2. The van der Waals surface area contributed by atoms with E-state index in [0.29, 0.717) is 13.0 Å². The standard InChI is InChI=1S/C11H18N2O5/c1-6-4-13(11(16)12-10(6)15)9-3-7(14)8(18-9)5-17-2/h6-9,14H,3-5H2,1-2H3,(H,12,15,16)/t6?,7-,8+,9+/m0/s1. The Balaban J connectivity index is 2.00. The summed E-state index contributed by atoms with van der Waals surface area (Å²) in [6, 6.07) is -0.464. The van der Waals surface area contributed by atoms with Crippen LogP contribution < -0.4 is 5.32 Å². The van der Waals surface area contributed by atoms with E-state index >= 15 is 0 Å². The minimum atomic E-state index is -0.657. The largest absolute Gasteiger partial charge is 0.390 e. The molecular weight excluding hydrogens is 240 g/mol. The average molecular weight is 258 g/mol. The smallest absolute Gasteiger partial charge is 0.326 e. The van der Waals surface area contributed by atoms with Crippen LogP contribution in [-0.2, 0) is 14.3 Å². The van der Waals surface area contributed by atoms with Gasteiger partial charge in [-0.3, -0.25) is 15.0 Å². The molecule has 2 heterocycles. The van der Waals surface area contributed by atoms with Crippen molar-refractivity contribution >= 4 is 11.9 Å². The molecule has 7 nitrogen and oxygen atoms in total. The van der Waals surface area contributed by atoms with Gasteiger partial charge in [-0.05, 0) is 0 Å². The second-order valence-corrected chi connectivity index (χ2v) is 4.74. The van der Waals surface area contributed by atoms with Gasteiger partial charge >= 0.3 is 6.03 Å². The number of rotatable bonds is 3. The molecule has 0 saturated carbocycles. The summed E-state index contributed by atoms with van der Waals surface area (Å²) < 4.78 is 10.5. The highest BCUT2D eigenvalue weighted by molar-refractivity contribution is 5.97. The van der Waals surface area contributed by atoms with E-state index in [0.717, 1.165) is 0 Å². The van der Waals surface area contributed by atoms with Crippen molar-refractivity contribution in [3.05, 3.63) is 0 Å². The predicted octanol–water partition coefficient (Wildman–Crippen LogP) is -0.703. The van der Waals surface area contributed by atoms with Gasteiger partial charge in [-0.25, -0.2) is 4.79 Å². The molecule has 102 valence electrons. The Labute approximate surface area is 105 Å². The molecule has 18 heavy (non-hydrogen) atoms. The molecule has 0 aromatic carbocycles. The molecule has 2 aliphatic rings. The first-order chi connectivity index (χ1) is 8.52. The van der Waals surface area contributed by atoms with Crippen LogP contribution in [0, 0.1) is 5.92 Å². The maximum absolute atomic E-state index is 11.7. The maximum Gasteiger partial charge on any atom is 0.326 e. The van der Waals surface area contributed by atoms with Crippen LogP contribution in [-0.4, -0.2) is 60.6 Å². The summed E-state index contributed by atoms with van der Waals surface area (Å²) in [6.45, 7) is 2.33. The number of nitrogens with zero attached hydrogens (tertiary/aromatic N) is 1. The fraction of sp³-hybridized carbons (Fsp3) is 0.818. The van der Waals surface area contributed by atoms with E-state index in [2.05, 4.69) is 5.32 Å². The zero-order valence-electron chi connectivity index (χ0n) is 10.5. The molecule has 0 spiro atoms. The molecular formula is C11H18N2O5. The zero-order valence-corrected chi connectivity index (χ0v) is 10.5. The van der Waals surface area contributed by atoms with Gasteiger partial charge < -0.3 is 14.6 Å². The third-order valence-electron chi connectivity index (χ3n) is 3.29. The Morgan fingerprint density at radius 3 is 2.94 bits per heavy atom. The first-order valence-corrected chi connectivity index (χ1v) is 5.97. The van der Waals surface area contributed by atoms with Crippen molar-refractivity contribution in [1.82, 2.24) is 10.2 Å². The van der Waals surface area contributed by atoms with E-state index in [1.807, 2.05) is 0 Å². The van der Waals surface area contributed by atoms with E-state index < -0.39 is 24.5 Å². The van der Waals surface area contributed by atoms with Crippen LogP contribution in [0.5, 0.6) is 0 Å². The van der Waals surface area contributed by atoms with E-state index in [1.54, 1.807) is 6.92 Å². The van der Waals surface area contributed by atoms with Crippen LogP contribution in [0.2, 0.25) is 0 Å². The second kappa shape index (κ2) is 5.21. The van der Waals surface area contributed by atoms with Crippen molar-refractivity contribution in [3.8, 4) is 0 Å². The monoisotopic (exact) mass is 258 g/mol. The Hall–Kier alpha value is -1.18. The SMILES string of the molecule is COC[C@H]1O[C@@H](N2CC(C)C(=O)NC2=O)C[C@@H]1O. The number of aliphatic hydroxyl groups is 1. The molecule has 0 aromatic heterocycles. The first kappa shape index (κ1) is 13.3. The van der Waals surface area contributed by atoms with Gasteiger partial charge in [0.1, 0.15) is 12.3 Å². The maximum atomic E-state index is 11.7. The molecule has 0 radical (unpaired) electrons. The lowest BCUT2D eigenvalue weighted by atomic mass is 10.1. The van der Waals surface area contributed by atoms with Gasteiger partial charge in [0, 0.05) is 20.1 Å². The van der Waals surface area contributed by atoms with E-state index in [9.17, 15) is 14.7 Å². The minimum absolute atomic E-state index is 0.273. The highest BCUT2D eigenvalue weighted by Gasteiger charge is 2.42. The van der Waals surface area contributed by atoms with E-state index in [4.69, 9.17) is 9.47 Å². The molecule has 2 rings (SSSR count). The van der Waals surface area contributed by atoms with Gasteiger partial charge in [0.2, 0.25) is 5.91 Å². The average Bonchev–Trinajstić information content (AvgIpc) is 2.66. The number of carbonyl (C=O) groups excluding carboxylic acids is 2. The summed E-state index contributed by atoms with van der Waals surface area (Å²) in [5.74, 6) is -0.548. The van der Waals surface area contributed by atoms with Gasteiger partial charge in [-0.1, -0.05) is 6.92 Å². The number of amides is 3. The van der Waals surface area contributed by atoms with Crippen LogP contribution in [0.4, 0.5) is 4.79 Å². The first-order valence-electron chi connectivity index (χ1n) is 5.97. The number of hydrogen-bond acceptors (Lipinski definition) is 5. The third kappa shape index (κ3) is 2.47. The lowest BCUT2D eigenvalue weighted by Gasteiger charge is -2.34. The summed E-state index contributed by atoms with van der Waals surface area (Å²) in [5.41, 5.74) is 0. The minimum Gasteiger partial charge on any atom is -0.390 e. The quantitative estimate of drug-likeness (QED) is 0.698. The number of aliphatic hydroxyl groups excluding tert-OH is 1. The van der Waals surface area contributed by atoms with Gasteiger partial charge in [0.05, 0.1) is 18.6 Å². The highest BCUT2D eigenvalue weighted by atomic mass is 16.6. The Morgan fingerprint density at radius 2 is 2.28 bits per heavy atom. The molecule has 3 amide bonds. The summed E-state index contributed by atoms with van der Waals surface area (Å²) in [4.78, 5) is 24.5. The van der Waals surface area contributed by atoms with Crippen LogP contribution >= 0.6 is 0 Å². The van der Waals surface area contributed by atoms with Crippen molar-refractivity contribution in [2.75, 3.05) is 20.3 Å². The Bertz CT molecular complexity index is 348. The molecule has 0 aliphatic carbocycles. The molecule has 1 unspecified atom stereocenters. The molecule has 2 N–H and O–H groups in total. The third-order valence-corrected chi connectivity index (χ3v) is 3.29. The summed E-state index contributed by atoms with van der Waals surface area (Å²) in [6.07, 6.45) is -1.25. The fourth-order valence-corrected chi connectivity index (χ4v) is 2.23. The summed E-state index contributed by atoms with van der Waals surface area (Å²) >= 11 is 0. The van der Waals surface area contributed by atoms with Crippen molar-refractivity contribution in [2.24, 2.45) is 5.92 Å². The lowest BCUT2D eigenvalue weighted by Crippen LogP contribution is -2.57.